The lowest BCUT2D eigenvalue weighted by Gasteiger charge is -2.19. The zero-order valence-corrected chi connectivity index (χ0v) is 53.0. The zero-order chi connectivity index (χ0) is 57.3. The van der Waals surface area contributed by atoms with Crippen LogP contribution in [-0.2, 0) is 32.7 Å². The second-order valence-corrected chi connectivity index (χ2v) is 24.5. The third kappa shape index (κ3) is 65.0. The van der Waals surface area contributed by atoms with Gasteiger partial charge in [-0.1, -0.05) is 332 Å². The maximum Gasteiger partial charge on any atom is 0.472 e. The summed E-state index contributed by atoms with van der Waals surface area (Å²) < 4.78 is 33.1. The Morgan fingerprint density at radius 1 is 0.392 bits per heavy atom. The van der Waals surface area contributed by atoms with Crippen LogP contribution in [0.5, 0.6) is 0 Å². The molecule has 2 atom stereocenters. The molecule has 0 fully saturated rings. The van der Waals surface area contributed by atoms with Crippen LogP contribution in [0.2, 0.25) is 0 Å². The van der Waals surface area contributed by atoms with Crippen LogP contribution in [0.15, 0.2) is 48.6 Å². The number of rotatable bonds is 65. The first-order valence-corrected chi connectivity index (χ1v) is 35.6. The Hall–Kier alpha value is -2.03. The van der Waals surface area contributed by atoms with Crippen LogP contribution in [-0.4, -0.2) is 49.3 Å². The monoisotopic (exact) mass is 1130 g/mol. The van der Waals surface area contributed by atoms with Crippen LogP contribution in [0.4, 0.5) is 0 Å². The van der Waals surface area contributed by atoms with Gasteiger partial charge >= 0.3 is 19.8 Å². The molecule has 0 aromatic carbocycles. The highest BCUT2D eigenvalue weighted by molar-refractivity contribution is 7.47. The number of carbonyl (C=O) groups excluding carboxylic acids is 2. The molecular weight excluding hydrogens is 1000 g/mol. The van der Waals surface area contributed by atoms with E-state index in [-0.39, 0.29) is 38.6 Å². The first kappa shape index (κ1) is 77.0. The maximum atomic E-state index is 12.7. The summed E-state index contributed by atoms with van der Waals surface area (Å²) in [6.07, 6.45) is 82.3. The molecule has 79 heavy (non-hydrogen) atoms. The van der Waals surface area contributed by atoms with Gasteiger partial charge in [-0.3, -0.25) is 18.6 Å². The molecule has 0 aliphatic rings. The average molecular weight is 1130 g/mol. The van der Waals surface area contributed by atoms with E-state index in [1.807, 2.05) is 0 Å². The molecule has 0 heterocycles. The predicted octanol–water partition coefficient (Wildman–Crippen LogP) is 22.1. The predicted molar refractivity (Wildman–Crippen MR) is 340 cm³/mol. The summed E-state index contributed by atoms with van der Waals surface area (Å²) >= 11 is 0. The molecule has 0 spiro atoms. The van der Waals surface area contributed by atoms with E-state index in [1.165, 1.54) is 231 Å². The molecule has 0 saturated heterocycles. The smallest absolute Gasteiger partial charge is 0.462 e. The van der Waals surface area contributed by atoms with Crippen molar-refractivity contribution in [3.05, 3.63) is 48.6 Å². The van der Waals surface area contributed by atoms with Gasteiger partial charge in [0.2, 0.25) is 0 Å². The summed E-state index contributed by atoms with van der Waals surface area (Å²) in [5, 5.41) is 0. The Kier molecular flexibility index (Phi) is 63.5. The van der Waals surface area contributed by atoms with E-state index < -0.39 is 26.5 Å². The van der Waals surface area contributed by atoms with Gasteiger partial charge in [-0.25, -0.2) is 4.57 Å². The first-order chi connectivity index (χ1) is 38.8. The second kappa shape index (κ2) is 65.1. The number of carbonyl (C=O) groups is 2. The molecule has 10 heteroatoms. The lowest BCUT2D eigenvalue weighted by Crippen LogP contribution is -2.29. The summed E-state index contributed by atoms with van der Waals surface area (Å²) in [6.45, 7) is 3.66. The van der Waals surface area contributed by atoms with E-state index in [1.54, 1.807) is 0 Å². The largest absolute Gasteiger partial charge is 0.472 e. The van der Waals surface area contributed by atoms with E-state index in [9.17, 15) is 19.0 Å². The van der Waals surface area contributed by atoms with Crippen LogP contribution in [0.25, 0.3) is 0 Å². The molecular formula is C69H130NO8P. The third-order valence-electron chi connectivity index (χ3n) is 15.2. The Balaban J connectivity index is 3.75. The van der Waals surface area contributed by atoms with E-state index in [2.05, 4.69) is 62.5 Å². The van der Waals surface area contributed by atoms with Crippen LogP contribution >= 0.6 is 7.82 Å². The van der Waals surface area contributed by atoms with Gasteiger partial charge in [-0.05, 0) is 51.4 Å². The highest BCUT2D eigenvalue weighted by Gasteiger charge is 2.26. The van der Waals surface area contributed by atoms with Crippen molar-refractivity contribution in [1.82, 2.24) is 0 Å². The Morgan fingerprint density at radius 2 is 0.696 bits per heavy atom. The number of phosphoric acid groups is 1. The van der Waals surface area contributed by atoms with Crippen molar-refractivity contribution in [2.45, 2.75) is 354 Å². The van der Waals surface area contributed by atoms with Crippen LogP contribution < -0.4 is 5.73 Å². The molecule has 0 bridgehead atoms. The molecule has 0 aliphatic carbocycles. The molecule has 3 N–H and O–H groups in total. The highest BCUT2D eigenvalue weighted by Crippen LogP contribution is 2.43. The summed E-state index contributed by atoms with van der Waals surface area (Å²) in [4.78, 5) is 35.2. The highest BCUT2D eigenvalue weighted by atomic mass is 31.2. The van der Waals surface area contributed by atoms with Gasteiger partial charge in [-0.15, -0.1) is 0 Å². The van der Waals surface area contributed by atoms with Crippen LogP contribution in [0.3, 0.4) is 0 Å². The summed E-state index contributed by atoms with van der Waals surface area (Å²) in [6, 6.07) is 0. The second-order valence-electron chi connectivity index (χ2n) is 23.0. The number of hydrogen-bond donors (Lipinski definition) is 2. The Morgan fingerprint density at radius 3 is 1.04 bits per heavy atom. The average Bonchev–Trinajstić information content (AvgIpc) is 3.44. The number of phosphoric ester groups is 1. The maximum absolute atomic E-state index is 12.7. The minimum atomic E-state index is -4.39. The number of ether oxygens (including phenoxy) is 2. The molecule has 0 rings (SSSR count). The van der Waals surface area contributed by atoms with Gasteiger partial charge in [0.15, 0.2) is 6.10 Å². The van der Waals surface area contributed by atoms with Crippen molar-refractivity contribution < 1.29 is 37.6 Å². The summed E-state index contributed by atoms with van der Waals surface area (Å²) in [5.74, 6) is -0.831. The topological polar surface area (TPSA) is 134 Å². The van der Waals surface area contributed by atoms with Crippen molar-refractivity contribution >= 4 is 19.8 Å². The van der Waals surface area contributed by atoms with Crippen molar-refractivity contribution in [2.75, 3.05) is 26.4 Å². The molecule has 0 saturated carbocycles. The fourth-order valence-corrected chi connectivity index (χ4v) is 11.0. The molecule has 9 nitrogen and oxygen atoms in total. The molecule has 2 unspecified atom stereocenters. The number of esters is 2. The van der Waals surface area contributed by atoms with E-state index in [0.29, 0.717) is 6.42 Å². The number of allylic oxidation sites excluding steroid dienone is 8. The molecule has 0 aromatic rings. The number of unbranched alkanes of at least 4 members (excludes halogenated alkanes) is 44. The molecule has 0 amide bonds. The minimum Gasteiger partial charge on any atom is -0.462 e. The van der Waals surface area contributed by atoms with E-state index in [4.69, 9.17) is 24.3 Å². The summed E-state index contributed by atoms with van der Waals surface area (Å²) in [5.41, 5.74) is 5.39. The quantitative estimate of drug-likeness (QED) is 0.0264. The van der Waals surface area contributed by atoms with Crippen LogP contribution in [0, 0.1) is 0 Å². The molecule has 0 aliphatic heterocycles. The molecule has 0 aromatic heterocycles. The van der Waals surface area contributed by atoms with Gasteiger partial charge in [0.1, 0.15) is 6.61 Å². The fraction of sp³-hybridized carbons (Fsp3) is 0.855. The van der Waals surface area contributed by atoms with Gasteiger partial charge in [0.25, 0.3) is 0 Å². The molecule has 464 valence electrons. The Labute approximate surface area is 489 Å². The fourth-order valence-electron chi connectivity index (χ4n) is 10.2. The standard InChI is InChI=1S/C69H130NO8P/c1-3-5-7-9-11-13-15-17-19-21-23-24-25-26-27-28-29-30-31-32-33-34-35-36-37-38-39-40-41-42-44-45-47-49-51-53-55-57-59-61-68(71)75-65-67(66-77-79(73,74)76-64-63-70)78-69(72)62-60-58-56-54-52-50-48-46-43-22-20-18-16-14-12-10-8-6-4-2/h6,8,12,14,18,20,43,46,67H,3-5,7,9-11,13,15-17,19,21-42,44-45,47-66,70H2,1-2H3,(H,73,74)/b8-6-,14-12-,20-18-,46-43-. The van der Waals surface area contributed by atoms with Crippen molar-refractivity contribution in [2.24, 2.45) is 5.73 Å². The lowest BCUT2D eigenvalue weighted by molar-refractivity contribution is -0.161. The van der Waals surface area contributed by atoms with Gasteiger partial charge in [0.05, 0.1) is 13.2 Å². The van der Waals surface area contributed by atoms with Gasteiger partial charge < -0.3 is 20.1 Å². The van der Waals surface area contributed by atoms with Gasteiger partial charge in [-0.2, -0.15) is 0 Å². The lowest BCUT2D eigenvalue weighted by atomic mass is 10.0. The minimum absolute atomic E-state index is 0.0506. The number of hydrogen-bond acceptors (Lipinski definition) is 8. The zero-order valence-electron chi connectivity index (χ0n) is 52.1. The normalized spacial score (nSPS) is 13.2. The summed E-state index contributed by atoms with van der Waals surface area (Å²) in [7, 11) is -4.39. The SMILES string of the molecule is CC/C=C\C/C=C\C/C=C\C/C=C\CCCCCCCCC(=O)OC(COC(=O)CCCCCCCCCCCCCCCCCCCCCCCCCCCCCCCCCCCCCCCCC)COP(=O)(O)OCCN. The van der Waals surface area contributed by atoms with Crippen molar-refractivity contribution in [3.8, 4) is 0 Å². The van der Waals surface area contributed by atoms with Crippen LogP contribution in [0.1, 0.15) is 348 Å². The third-order valence-corrected chi connectivity index (χ3v) is 16.2. The first-order valence-electron chi connectivity index (χ1n) is 34.1. The van der Waals surface area contributed by atoms with Gasteiger partial charge in [0, 0.05) is 19.4 Å². The van der Waals surface area contributed by atoms with Crippen molar-refractivity contribution in [1.29, 1.82) is 0 Å². The van der Waals surface area contributed by atoms with Crippen molar-refractivity contribution in [3.63, 3.8) is 0 Å². The van der Waals surface area contributed by atoms with E-state index >= 15 is 0 Å². The Bertz CT molecular complexity index is 1430. The molecule has 0 radical (unpaired) electrons. The number of nitrogens with two attached hydrogens (primary N) is 1. The van der Waals surface area contributed by atoms with E-state index in [0.717, 1.165) is 83.5 Å².